The normalized spacial score (nSPS) is 12.4. The van der Waals surface area contributed by atoms with Crippen molar-refractivity contribution >= 4 is 10.1 Å². The van der Waals surface area contributed by atoms with Crippen molar-refractivity contribution in [1.29, 1.82) is 0 Å². The first-order valence-corrected chi connectivity index (χ1v) is 6.73. The van der Waals surface area contributed by atoms with Gasteiger partial charge in [0.15, 0.2) is 0 Å². The lowest BCUT2D eigenvalue weighted by molar-refractivity contribution is -0.137. The molecular formula is C12H8F3NO3S. The molecule has 1 N–H and O–H groups in total. The Balaban J connectivity index is 2.71. The minimum absolute atomic E-state index is 0.0476. The van der Waals surface area contributed by atoms with Gasteiger partial charge in [-0.1, -0.05) is 12.1 Å². The number of pyridine rings is 1. The molecule has 0 saturated heterocycles. The molecule has 2 rings (SSSR count). The monoisotopic (exact) mass is 303 g/mol. The third-order valence-electron chi connectivity index (χ3n) is 2.56. The number of aromatic nitrogens is 1. The molecule has 106 valence electrons. The SMILES string of the molecule is O=S(=O)(O)c1cc(C(F)(F)F)ccc1-c1cccnc1. The highest BCUT2D eigenvalue weighted by molar-refractivity contribution is 7.86. The lowest BCUT2D eigenvalue weighted by Crippen LogP contribution is -2.08. The summed E-state index contributed by atoms with van der Waals surface area (Å²) < 4.78 is 69.5. The predicted octanol–water partition coefficient (Wildman–Crippen LogP) is 3.01. The number of alkyl halides is 3. The summed E-state index contributed by atoms with van der Waals surface area (Å²) in [6, 6.07) is 5.11. The van der Waals surface area contributed by atoms with E-state index in [0.717, 1.165) is 12.1 Å². The molecule has 0 saturated carbocycles. The van der Waals surface area contributed by atoms with Crippen molar-refractivity contribution in [1.82, 2.24) is 4.98 Å². The first-order chi connectivity index (χ1) is 9.19. The van der Waals surface area contributed by atoms with Crippen LogP contribution < -0.4 is 0 Å². The van der Waals surface area contributed by atoms with Crippen molar-refractivity contribution in [3.8, 4) is 11.1 Å². The Morgan fingerprint density at radius 1 is 1.15 bits per heavy atom. The Hall–Kier alpha value is -1.93. The zero-order valence-electron chi connectivity index (χ0n) is 9.79. The first-order valence-electron chi connectivity index (χ1n) is 5.29. The van der Waals surface area contributed by atoms with Gasteiger partial charge in [0.1, 0.15) is 4.90 Å². The van der Waals surface area contributed by atoms with Gasteiger partial charge in [0, 0.05) is 23.5 Å². The Kier molecular flexibility index (Phi) is 3.53. The Morgan fingerprint density at radius 2 is 1.85 bits per heavy atom. The summed E-state index contributed by atoms with van der Waals surface area (Å²) >= 11 is 0. The molecule has 0 aliphatic carbocycles. The molecule has 1 aromatic carbocycles. The van der Waals surface area contributed by atoms with Gasteiger partial charge >= 0.3 is 6.18 Å². The van der Waals surface area contributed by atoms with Crippen LogP contribution in [0.2, 0.25) is 0 Å². The van der Waals surface area contributed by atoms with Crippen LogP contribution in [-0.2, 0) is 16.3 Å². The fraction of sp³-hybridized carbons (Fsp3) is 0.0833. The van der Waals surface area contributed by atoms with Crippen molar-refractivity contribution in [2.45, 2.75) is 11.1 Å². The van der Waals surface area contributed by atoms with E-state index in [0.29, 0.717) is 6.07 Å². The highest BCUT2D eigenvalue weighted by Crippen LogP contribution is 2.34. The summed E-state index contributed by atoms with van der Waals surface area (Å²) in [6.07, 6.45) is -1.98. The average molecular weight is 303 g/mol. The van der Waals surface area contributed by atoms with Gasteiger partial charge in [0.25, 0.3) is 10.1 Å². The molecule has 8 heteroatoms. The standard InChI is InChI=1S/C12H8F3NO3S/c13-12(14,15)9-3-4-10(8-2-1-5-16-7-8)11(6-9)20(17,18)19/h1-7H,(H,17,18,19). The Labute approximate surface area is 112 Å². The van der Waals surface area contributed by atoms with Crippen LogP contribution in [-0.4, -0.2) is 18.0 Å². The van der Waals surface area contributed by atoms with E-state index >= 15 is 0 Å². The van der Waals surface area contributed by atoms with E-state index in [1.807, 2.05) is 0 Å². The molecule has 0 radical (unpaired) electrons. The van der Waals surface area contributed by atoms with E-state index in [4.69, 9.17) is 4.55 Å². The quantitative estimate of drug-likeness (QED) is 0.866. The third kappa shape index (κ3) is 2.97. The molecule has 2 aromatic rings. The van der Waals surface area contributed by atoms with Gasteiger partial charge in [0.05, 0.1) is 5.56 Å². The fourth-order valence-corrected chi connectivity index (χ4v) is 2.41. The molecule has 0 aliphatic heterocycles. The van der Waals surface area contributed by atoms with Crippen LogP contribution >= 0.6 is 0 Å². The number of rotatable bonds is 2. The van der Waals surface area contributed by atoms with Gasteiger partial charge in [-0.2, -0.15) is 21.6 Å². The van der Waals surface area contributed by atoms with E-state index in [9.17, 15) is 21.6 Å². The molecule has 0 spiro atoms. The van der Waals surface area contributed by atoms with Gasteiger partial charge in [-0.05, 0) is 18.2 Å². The van der Waals surface area contributed by atoms with Gasteiger partial charge < -0.3 is 0 Å². The van der Waals surface area contributed by atoms with Crippen molar-refractivity contribution < 1.29 is 26.1 Å². The van der Waals surface area contributed by atoms with Crippen molar-refractivity contribution in [2.24, 2.45) is 0 Å². The summed E-state index contributed by atoms with van der Waals surface area (Å²) in [4.78, 5) is 2.95. The molecule has 0 aliphatic rings. The summed E-state index contributed by atoms with van der Waals surface area (Å²) in [7, 11) is -4.79. The van der Waals surface area contributed by atoms with Gasteiger partial charge in [-0.25, -0.2) is 0 Å². The van der Waals surface area contributed by atoms with Crippen LogP contribution in [0.3, 0.4) is 0 Å². The van der Waals surface area contributed by atoms with Crippen LogP contribution in [0.1, 0.15) is 5.56 Å². The summed E-state index contributed by atoms with van der Waals surface area (Å²) in [5, 5.41) is 0. The topological polar surface area (TPSA) is 67.3 Å². The van der Waals surface area contributed by atoms with E-state index in [1.165, 1.54) is 24.5 Å². The average Bonchev–Trinajstić information content (AvgIpc) is 2.37. The molecule has 0 atom stereocenters. The minimum atomic E-state index is -4.79. The van der Waals surface area contributed by atoms with Crippen molar-refractivity contribution in [3.63, 3.8) is 0 Å². The maximum Gasteiger partial charge on any atom is 0.416 e. The molecule has 1 heterocycles. The molecular weight excluding hydrogens is 295 g/mol. The Morgan fingerprint density at radius 3 is 2.35 bits per heavy atom. The smallest absolute Gasteiger partial charge is 0.282 e. The molecule has 0 unspecified atom stereocenters. The van der Waals surface area contributed by atoms with E-state index in [1.54, 1.807) is 0 Å². The molecule has 1 aromatic heterocycles. The highest BCUT2D eigenvalue weighted by atomic mass is 32.2. The predicted molar refractivity (Wildman–Crippen MR) is 64.5 cm³/mol. The molecule has 0 fully saturated rings. The highest BCUT2D eigenvalue weighted by Gasteiger charge is 2.32. The van der Waals surface area contributed by atoms with Gasteiger partial charge in [-0.3, -0.25) is 9.54 Å². The van der Waals surface area contributed by atoms with Crippen molar-refractivity contribution in [3.05, 3.63) is 48.3 Å². The van der Waals surface area contributed by atoms with E-state index in [2.05, 4.69) is 4.98 Å². The molecule has 0 bridgehead atoms. The lowest BCUT2D eigenvalue weighted by Gasteiger charge is -2.11. The van der Waals surface area contributed by atoms with Crippen LogP contribution in [0.25, 0.3) is 11.1 Å². The van der Waals surface area contributed by atoms with Gasteiger partial charge in [-0.15, -0.1) is 0 Å². The second-order valence-electron chi connectivity index (χ2n) is 3.93. The van der Waals surface area contributed by atoms with Crippen LogP contribution in [0, 0.1) is 0 Å². The second kappa shape index (κ2) is 4.88. The maximum absolute atomic E-state index is 12.6. The van der Waals surface area contributed by atoms with E-state index < -0.39 is 26.8 Å². The summed E-state index contributed by atoms with van der Waals surface area (Å²) in [5.41, 5.74) is -0.916. The molecule has 20 heavy (non-hydrogen) atoms. The van der Waals surface area contributed by atoms with Crippen LogP contribution in [0.4, 0.5) is 13.2 Å². The first kappa shape index (κ1) is 14.5. The van der Waals surface area contributed by atoms with Crippen LogP contribution in [0.15, 0.2) is 47.6 Å². The number of hydrogen-bond donors (Lipinski definition) is 1. The third-order valence-corrected chi connectivity index (χ3v) is 3.45. The maximum atomic E-state index is 12.6. The zero-order chi connectivity index (χ0) is 15.0. The largest absolute Gasteiger partial charge is 0.416 e. The van der Waals surface area contributed by atoms with Gasteiger partial charge in [0.2, 0.25) is 0 Å². The number of benzene rings is 1. The van der Waals surface area contributed by atoms with E-state index in [-0.39, 0.29) is 11.1 Å². The number of halogens is 3. The summed E-state index contributed by atoms with van der Waals surface area (Å²) in [6.45, 7) is 0. The minimum Gasteiger partial charge on any atom is -0.282 e. The lowest BCUT2D eigenvalue weighted by atomic mass is 10.1. The van der Waals surface area contributed by atoms with Crippen molar-refractivity contribution in [2.75, 3.05) is 0 Å². The zero-order valence-corrected chi connectivity index (χ0v) is 10.6. The molecule has 4 nitrogen and oxygen atoms in total. The fourth-order valence-electron chi connectivity index (χ4n) is 1.67. The number of nitrogens with zero attached hydrogens (tertiary/aromatic N) is 1. The second-order valence-corrected chi connectivity index (χ2v) is 5.32. The Bertz CT molecular complexity index is 727. The number of hydrogen-bond acceptors (Lipinski definition) is 3. The van der Waals surface area contributed by atoms with Crippen LogP contribution in [0.5, 0.6) is 0 Å². The molecule has 0 amide bonds. The summed E-state index contributed by atoms with van der Waals surface area (Å²) in [5.74, 6) is 0.